The molecule has 1 aromatic rings. The maximum atomic E-state index is 10.5. The van der Waals surface area contributed by atoms with Gasteiger partial charge in [-0.25, -0.2) is 0 Å². The molecule has 0 aliphatic carbocycles. The summed E-state index contributed by atoms with van der Waals surface area (Å²) < 4.78 is 0. The molecule has 2 saturated heterocycles. The summed E-state index contributed by atoms with van der Waals surface area (Å²) in [7, 11) is 0. The number of likely N-dealkylation sites (tertiary alicyclic amines) is 2. The normalized spacial score (nSPS) is 27.8. The summed E-state index contributed by atoms with van der Waals surface area (Å²) in [5.74, 6) is 0. The maximum Gasteiger partial charge on any atom is 0.0942 e. The second-order valence-corrected chi connectivity index (χ2v) is 6.28. The zero-order valence-corrected chi connectivity index (χ0v) is 12.4. The van der Waals surface area contributed by atoms with E-state index in [9.17, 15) is 5.11 Å². The van der Waals surface area contributed by atoms with E-state index in [1.807, 2.05) is 30.3 Å². The predicted molar refractivity (Wildman–Crippen MR) is 81.6 cm³/mol. The van der Waals surface area contributed by atoms with Crippen molar-refractivity contribution >= 4 is 0 Å². The Labute approximate surface area is 122 Å². The van der Waals surface area contributed by atoms with Crippen molar-refractivity contribution in [2.75, 3.05) is 26.2 Å². The van der Waals surface area contributed by atoms with E-state index in [1.54, 1.807) is 0 Å². The van der Waals surface area contributed by atoms with Gasteiger partial charge in [-0.15, -0.1) is 0 Å². The fourth-order valence-corrected chi connectivity index (χ4v) is 3.67. The average molecular weight is 274 g/mol. The highest BCUT2D eigenvalue weighted by molar-refractivity contribution is 5.18. The van der Waals surface area contributed by atoms with Crippen molar-refractivity contribution in [3.05, 3.63) is 35.9 Å². The van der Waals surface area contributed by atoms with Gasteiger partial charge in [0, 0.05) is 25.2 Å². The van der Waals surface area contributed by atoms with Crippen molar-refractivity contribution in [2.45, 2.75) is 44.4 Å². The number of aliphatic hydroxyl groups is 1. The number of nitrogens with zero attached hydrogens (tertiary/aromatic N) is 2. The summed E-state index contributed by atoms with van der Waals surface area (Å²) in [6.45, 7) is 6.93. The van der Waals surface area contributed by atoms with E-state index >= 15 is 0 Å². The van der Waals surface area contributed by atoms with Gasteiger partial charge in [-0.1, -0.05) is 30.3 Å². The molecular weight excluding hydrogens is 248 g/mol. The van der Waals surface area contributed by atoms with Gasteiger partial charge in [0.05, 0.1) is 6.10 Å². The highest BCUT2D eigenvalue weighted by Crippen LogP contribution is 2.27. The van der Waals surface area contributed by atoms with Gasteiger partial charge in [-0.2, -0.15) is 0 Å². The summed E-state index contributed by atoms with van der Waals surface area (Å²) in [6, 6.07) is 11.0. The molecule has 2 fully saturated rings. The van der Waals surface area contributed by atoms with Crippen LogP contribution in [-0.4, -0.2) is 53.2 Å². The minimum atomic E-state index is -0.381. The topological polar surface area (TPSA) is 26.7 Å². The second-order valence-electron chi connectivity index (χ2n) is 6.28. The number of rotatable bonds is 4. The molecule has 2 aliphatic rings. The Morgan fingerprint density at radius 3 is 2.50 bits per heavy atom. The molecule has 110 valence electrons. The molecule has 2 aliphatic heterocycles. The van der Waals surface area contributed by atoms with E-state index in [2.05, 4.69) is 16.7 Å². The monoisotopic (exact) mass is 274 g/mol. The highest BCUT2D eigenvalue weighted by Gasteiger charge is 2.33. The third-order valence-electron chi connectivity index (χ3n) is 5.03. The first-order chi connectivity index (χ1) is 9.75. The number of hydrogen-bond acceptors (Lipinski definition) is 3. The zero-order valence-electron chi connectivity index (χ0n) is 12.4. The highest BCUT2D eigenvalue weighted by atomic mass is 16.3. The molecule has 20 heavy (non-hydrogen) atoms. The molecule has 0 aromatic heterocycles. The molecule has 3 unspecified atom stereocenters. The van der Waals surface area contributed by atoms with Crippen molar-refractivity contribution in [3.63, 3.8) is 0 Å². The fraction of sp³-hybridized carbons (Fsp3) is 0.647. The van der Waals surface area contributed by atoms with E-state index < -0.39 is 0 Å². The van der Waals surface area contributed by atoms with Crippen LogP contribution < -0.4 is 0 Å². The molecule has 1 aromatic carbocycles. The van der Waals surface area contributed by atoms with Crippen LogP contribution in [0.2, 0.25) is 0 Å². The molecule has 3 nitrogen and oxygen atoms in total. The molecule has 0 saturated carbocycles. The van der Waals surface area contributed by atoms with E-state index in [1.165, 1.54) is 32.4 Å². The van der Waals surface area contributed by atoms with Crippen LogP contribution in [0.1, 0.15) is 37.9 Å². The molecule has 0 spiro atoms. The Hall–Kier alpha value is -0.900. The molecule has 1 N–H and O–H groups in total. The van der Waals surface area contributed by atoms with E-state index in [0.717, 1.165) is 18.7 Å². The molecule has 0 bridgehead atoms. The average Bonchev–Trinajstić information content (AvgIpc) is 3.17. The van der Waals surface area contributed by atoms with Crippen molar-refractivity contribution in [2.24, 2.45) is 0 Å². The number of hydrogen-bond donors (Lipinski definition) is 1. The summed E-state index contributed by atoms with van der Waals surface area (Å²) in [6.07, 6.45) is 3.59. The maximum absolute atomic E-state index is 10.5. The Bertz CT molecular complexity index is 416. The lowest BCUT2D eigenvalue weighted by molar-refractivity contribution is 0.0670. The second kappa shape index (κ2) is 6.25. The fourth-order valence-electron chi connectivity index (χ4n) is 3.67. The third kappa shape index (κ3) is 2.90. The number of aliphatic hydroxyl groups excluding tert-OH is 1. The SMILES string of the molecule is CC(C(O)c1ccccc1)N1CCC(N2CCCC2)C1. The van der Waals surface area contributed by atoms with Crippen LogP contribution in [0.3, 0.4) is 0 Å². The van der Waals surface area contributed by atoms with E-state index in [-0.39, 0.29) is 12.1 Å². The minimum absolute atomic E-state index is 0.199. The van der Waals surface area contributed by atoms with Crippen molar-refractivity contribution < 1.29 is 5.11 Å². The van der Waals surface area contributed by atoms with Gasteiger partial charge < -0.3 is 5.11 Å². The van der Waals surface area contributed by atoms with Crippen LogP contribution in [0.15, 0.2) is 30.3 Å². The standard InChI is InChI=1S/C17H26N2O/c1-14(17(20)15-7-3-2-4-8-15)19-12-9-16(13-19)18-10-5-6-11-18/h2-4,7-8,14,16-17,20H,5-6,9-13H2,1H3. The van der Waals surface area contributed by atoms with Gasteiger partial charge in [0.2, 0.25) is 0 Å². The van der Waals surface area contributed by atoms with Gasteiger partial charge in [-0.05, 0) is 44.8 Å². The smallest absolute Gasteiger partial charge is 0.0942 e. The largest absolute Gasteiger partial charge is 0.387 e. The Balaban J connectivity index is 1.59. The summed E-state index contributed by atoms with van der Waals surface area (Å²) in [5.41, 5.74) is 1.03. The Morgan fingerprint density at radius 1 is 1.10 bits per heavy atom. The molecule has 2 heterocycles. The lowest BCUT2D eigenvalue weighted by Crippen LogP contribution is -2.40. The van der Waals surface area contributed by atoms with Crippen molar-refractivity contribution in [3.8, 4) is 0 Å². The van der Waals surface area contributed by atoms with Crippen LogP contribution in [0.5, 0.6) is 0 Å². The summed E-state index contributed by atoms with van der Waals surface area (Å²) in [5, 5.41) is 10.5. The van der Waals surface area contributed by atoms with Crippen molar-refractivity contribution in [1.82, 2.24) is 9.80 Å². The third-order valence-corrected chi connectivity index (χ3v) is 5.03. The van der Waals surface area contributed by atoms with Gasteiger partial charge in [-0.3, -0.25) is 9.80 Å². The van der Waals surface area contributed by atoms with E-state index in [4.69, 9.17) is 0 Å². The molecule has 3 atom stereocenters. The molecule has 0 radical (unpaired) electrons. The molecule has 3 rings (SSSR count). The first-order valence-electron chi connectivity index (χ1n) is 7.97. The first kappa shape index (κ1) is 14.1. The number of benzene rings is 1. The molecule has 0 amide bonds. The molecule has 3 heteroatoms. The van der Waals surface area contributed by atoms with Crippen LogP contribution in [0.4, 0.5) is 0 Å². The molecular formula is C17H26N2O. The van der Waals surface area contributed by atoms with Gasteiger partial charge >= 0.3 is 0 Å². The van der Waals surface area contributed by atoms with Crippen LogP contribution >= 0.6 is 0 Å². The lowest BCUT2D eigenvalue weighted by atomic mass is 10.0. The first-order valence-corrected chi connectivity index (χ1v) is 7.97. The van der Waals surface area contributed by atoms with Crippen LogP contribution in [0, 0.1) is 0 Å². The van der Waals surface area contributed by atoms with Gasteiger partial charge in [0.25, 0.3) is 0 Å². The van der Waals surface area contributed by atoms with Crippen molar-refractivity contribution in [1.29, 1.82) is 0 Å². The van der Waals surface area contributed by atoms with Crippen LogP contribution in [-0.2, 0) is 0 Å². The Morgan fingerprint density at radius 2 is 1.80 bits per heavy atom. The predicted octanol–water partition coefficient (Wildman–Crippen LogP) is 2.28. The minimum Gasteiger partial charge on any atom is -0.387 e. The quantitative estimate of drug-likeness (QED) is 0.912. The van der Waals surface area contributed by atoms with E-state index in [0.29, 0.717) is 6.04 Å². The van der Waals surface area contributed by atoms with Crippen LogP contribution in [0.25, 0.3) is 0 Å². The van der Waals surface area contributed by atoms with Gasteiger partial charge in [0.15, 0.2) is 0 Å². The lowest BCUT2D eigenvalue weighted by Gasteiger charge is -2.30. The Kier molecular flexibility index (Phi) is 4.39. The summed E-state index contributed by atoms with van der Waals surface area (Å²) in [4.78, 5) is 5.10. The summed E-state index contributed by atoms with van der Waals surface area (Å²) >= 11 is 0. The zero-order chi connectivity index (χ0) is 13.9. The van der Waals surface area contributed by atoms with Gasteiger partial charge in [0.1, 0.15) is 0 Å².